The third kappa shape index (κ3) is 4.29. The fourth-order valence-corrected chi connectivity index (χ4v) is 4.68. The monoisotopic (exact) mass is 540 g/mol. The lowest BCUT2D eigenvalue weighted by atomic mass is 10.0. The van der Waals surface area contributed by atoms with E-state index in [2.05, 4.69) is 102 Å². The molecule has 154 valence electrons. The van der Waals surface area contributed by atoms with Gasteiger partial charge >= 0.3 is 0 Å². The van der Waals surface area contributed by atoms with Crippen molar-refractivity contribution in [2.75, 3.05) is 0 Å². The van der Waals surface area contributed by atoms with Gasteiger partial charge in [-0.15, -0.1) is 0 Å². The third-order valence-electron chi connectivity index (χ3n) is 5.37. The van der Waals surface area contributed by atoms with Crippen LogP contribution in [0.1, 0.15) is 0 Å². The zero-order valence-electron chi connectivity index (χ0n) is 17.0. The summed E-state index contributed by atoms with van der Waals surface area (Å²) in [6.45, 7) is 0. The second-order valence-electron chi connectivity index (χ2n) is 7.40. The first-order valence-corrected chi connectivity index (χ1v) is 11.8. The Morgan fingerprint density at radius 3 is 1.12 bits per heavy atom. The van der Waals surface area contributed by atoms with Crippen molar-refractivity contribution in [2.45, 2.75) is 0 Å². The quantitative estimate of drug-likeness (QED) is 0.227. The molecule has 0 spiro atoms. The molecule has 2 heterocycles. The average Bonchev–Trinajstić information content (AvgIpc) is 2.85. The average molecular weight is 542 g/mol. The minimum absolute atomic E-state index is 0.949. The maximum atomic E-state index is 4.68. The highest BCUT2D eigenvalue weighted by Gasteiger charge is 2.07. The second kappa shape index (κ2) is 9.19. The summed E-state index contributed by atoms with van der Waals surface area (Å²) in [7, 11) is 0. The summed E-state index contributed by atoms with van der Waals surface area (Å²) in [6.07, 6.45) is 3.84. The third-order valence-corrected chi connectivity index (χ3v) is 6.76. The van der Waals surface area contributed by atoms with Gasteiger partial charge in [0.05, 0.1) is 11.4 Å². The summed E-state index contributed by atoms with van der Waals surface area (Å²) in [4.78, 5) is 9.36. The van der Waals surface area contributed by atoms with Crippen molar-refractivity contribution in [3.63, 3.8) is 0 Å². The van der Waals surface area contributed by atoms with Gasteiger partial charge in [-0.25, -0.2) is 0 Å². The topological polar surface area (TPSA) is 25.8 Å². The molecule has 0 aliphatic rings. The summed E-state index contributed by atoms with van der Waals surface area (Å²) in [5.74, 6) is 0. The van der Waals surface area contributed by atoms with Crippen LogP contribution in [0.2, 0.25) is 0 Å². The Labute approximate surface area is 204 Å². The number of pyridine rings is 2. The molecule has 0 atom stereocenters. The second-order valence-corrected chi connectivity index (χ2v) is 9.11. The molecule has 0 radical (unpaired) electrons. The van der Waals surface area contributed by atoms with Crippen molar-refractivity contribution in [3.8, 4) is 44.8 Å². The molecule has 4 heteroatoms. The van der Waals surface area contributed by atoms with Crippen LogP contribution in [0.4, 0.5) is 0 Å². The number of rotatable bonds is 4. The molecule has 0 amide bonds. The Morgan fingerprint density at radius 1 is 0.406 bits per heavy atom. The summed E-state index contributed by atoms with van der Waals surface area (Å²) in [5.41, 5.74) is 8.51. The van der Waals surface area contributed by atoms with Crippen LogP contribution in [0, 0.1) is 0 Å². The molecule has 0 unspecified atom stereocenters. The smallest absolute Gasteiger partial charge is 0.0702 e. The van der Waals surface area contributed by atoms with Gasteiger partial charge in [0.15, 0.2) is 0 Å². The number of nitrogens with zero attached hydrogens (tertiary/aromatic N) is 2. The van der Waals surface area contributed by atoms with E-state index in [0.29, 0.717) is 0 Å². The van der Waals surface area contributed by atoms with E-state index in [9.17, 15) is 0 Å². The molecular weight excluding hydrogens is 524 g/mol. The van der Waals surface area contributed by atoms with Crippen molar-refractivity contribution >= 4 is 31.9 Å². The van der Waals surface area contributed by atoms with Crippen LogP contribution in [0.15, 0.2) is 118 Å². The van der Waals surface area contributed by atoms with Gasteiger partial charge in [-0.2, -0.15) is 0 Å². The minimum Gasteiger partial charge on any atom is -0.256 e. The molecule has 2 nitrogen and oxygen atoms in total. The molecule has 0 saturated heterocycles. The van der Waals surface area contributed by atoms with Gasteiger partial charge < -0.3 is 0 Å². The largest absolute Gasteiger partial charge is 0.256 e. The number of hydrogen-bond donors (Lipinski definition) is 0. The highest BCUT2D eigenvalue weighted by Crippen LogP contribution is 2.31. The van der Waals surface area contributed by atoms with Crippen molar-refractivity contribution in [2.24, 2.45) is 0 Å². The van der Waals surface area contributed by atoms with Gasteiger partial charge in [0.25, 0.3) is 0 Å². The van der Waals surface area contributed by atoms with E-state index in [1.165, 1.54) is 0 Å². The molecule has 0 aliphatic heterocycles. The first kappa shape index (κ1) is 20.8. The maximum absolute atomic E-state index is 4.68. The normalized spacial score (nSPS) is 10.8. The van der Waals surface area contributed by atoms with E-state index < -0.39 is 0 Å². The molecule has 3 aromatic carbocycles. The Hall–Kier alpha value is -3.08. The first-order valence-electron chi connectivity index (χ1n) is 10.2. The van der Waals surface area contributed by atoms with Gasteiger partial charge in [0.2, 0.25) is 0 Å². The lowest BCUT2D eigenvalue weighted by Gasteiger charge is -2.08. The highest BCUT2D eigenvalue weighted by atomic mass is 79.9. The Bertz CT molecular complexity index is 1250. The van der Waals surface area contributed by atoms with E-state index >= 15 is 0 Å². The molecule has 5 aromatic rings. The van der Waals surface area contributed by atoms with Gasteiger partial charge in [0, 0.05) is 43.6 Å². The summed E-state index contributed by atoms with van der Waals surface area (Å²) < 4.78 is 2.13. The molecule has 0 saturated carbocycles. The molecule has 32 heavy (non-hydrogen) atoms. The summed E-state index contributed by atoms with van der Waals surface area (Å²) in [6, 6.07) is 33.1. The van der Waals surface area contributed by atoms with Crippen LogP contribution in [0.25, 0.3) is 44.8 Å². The SMILES string of the molecule is Brc1ccccc1-c1ccc(-c2ccc(-c3ccc(-c4ccccc4Br)cn3)cc2)nc1. The van der Waals surface area contributed by atoms with E-state index in [1.807, 2.05) is 48.8 Å². The molecule has 0 fully saturated rings. The van der Waals surface area contributed by atoms with Gasteiger partial charge in [-0.1, -0.05) is 105 Å². The van der Waals surface area contributed by atoms with Crippen LogP contribution in [0.3, 0.4) is 0 Å². The first-order chi connectivity index (χ1) is 15.7. The zero-order valence-corrected chi connectivity index (χ0v) is 20.2. The van der Waals surface area contributed by atoms with E-state index in [1.54, 1.807) is 0 Å². The van der Waals surface area contributed by atoms with Crippen molar-refractivity contribution < 1.29 is 0 Å². The van der Waals surface area contributed by atoms with Gasteiger partial charge in [0.1, 0.15) is 0 Å². The Morgan fingerprint density at radius 2 is 0.781 bits per heavy atom. The van der Waals surface area contributed by atoms with E-state index in [4.69, 9.17) is 0 Å². The fraction of sp³-hybridized carbons (Fsp3) is 0. The predicted molar refractivity (Wildman–Crippen MR) is 139 cm³/mol. The molecular formula is C28H18Br2N2. The molecule has 0 aliphatic carbocycles. The van der Waals surface area contributed by atoms with Crippen molar-refractivity contribution in [3.05, 3.63) is 118 Å². The van der Waals surface area contributed by atoms with Crippen LogP contribution in [-0.4, -0.2) is 9.97 Å². The summed E-state index contributed by atoms with van der Waals surface area (Å²) in [5, 5.41) is 0. The zero-order chi connectivity index (χ0) is 21.9. The minimum atomic E-state index is 0.949. The molecule has 5 rings (SSSR count). The van der Waals surface area contributed by atoms with Crippen LogP contribution in [-0.2, 0) is 0 Å². The Balaban J connectivity index is 1.36. The maximum Gasteiger partial charge on any atom is 0.0702 e. The summed E-state index contributed by atoms with van der Waals surface area (Å²) >= 11 is 7.22. The van der Waals surface area contributed by atoms with Gasteiger partial charge in [-0.05, 0) is 35.4 Å². The fourth-order valence-electron chi connectivity index (χ4n) is 3.65. The van der Waals surface area contributed by atoms with E-state index in [-0.39, 0.29) is 0 Å². The molecule has 0 bridgehead atoms. The van der Waals surface area contributed by atoms with Crippen molar-refractivity contribution in [1.29, 1.82) is 0 Å². The van der Waals surface area contributed by atoms with Crippen molar-refractivity contribution in [1.82, 2.24) is 9.97 Å². The highest BCUT2D eigenvalue weighted by molar-refractivity contribution is 9.11. The number of benzene rings is 3. The molecule has 0 N–H and O–H groups in total. The predicted octanol–water partition coefficient (Wildman–Crippen LogP) is 8.67. The number of hydrogen-bond acceptors (Lipinski definition) is 2. The Kier molecular flexibility index (Phi) is 5.97. The lowest BCUT2D eigenvalue weighted by molar-refractivity contribution is 1.31. The number of aromatic nitrogens is 2. The van der Waals surface area contributed by atoms with Crippen LogP contribution in [0.5, 0.6) is 0 Å². The molecule has 2 aromatic heterocycles. The van der Waals surface area contributed by atoms with Crippen LogP contribution >= 0.6 is 31.9 Å². The van der Waals surface area contributed by atoms with Crippen LogP contribution < -0.4 is 0 Å². The lowest BCUT2D eigenvalue weighted by Crippen LogP contribution is -1.88. The van der Waals surface area contributed by atoms with Gasteiger partial charge in [-0.3, -0.25) is 9.97 Å². The van der Waals surface area contributed by atoms with E-state index in [0.717, 1.165) is 53.7 Å². The standard InChI is InChI=1S/C28H18Br2N2/c29-25-7-3-1-5-23(25)21-13-15-27(31-17-21)19-9-11-20(12-10-19)28-16-14-22(18-32-28)24-6-2-4-8-26(24)30/h1-18H. The number of halogens is 2.